The molecule has 0 amide bonds. The number of rotatable bonds is 3. The fraction of sp³-hybridized carbons (Fsp3) is 0.571. The molecule has 0 aliphatic rings. The fourth-order valence-electron chi connectivity index (χ4n) is 2.39. The second-order valence-electron chi connectivity index (χ2n) is 4.55. The van der Waals surface area contributed by atoms with Crippen LogP contribution < -0.4 is 0 Å². The lowest BCUT2D eigenvalue weighted by atomic mass is 9.88. The lowest BCUT2D eigenvalue weighted by molar-refractivity contribution is 0.436. The highest BCUT2D eigenvalue weighted by Gasteiger charge is 2.20. The van der Waals surface area contributed by atoms with Crippen molar-refractivity contribution in [3.8, 4) is 11.5 Å². The van der Waals surface area contributed by atoms with Gasteiger partial charge in [-0.1, -0.05) is 27.7 Å². The van der Waals surface area contributed by atoms with Crippen LogP contribution in [-0.2, 0) is 12.8 Å². The summed E-state index contributed by atoms with van der Waals surface area (Å²) < 4.78 is 0. The third-order valence-corrected chi connectivity index (χ3v) is 3.24. The Kier molecular flexibility index (Phi) is 3.84. The van der Waals surface area contributed by atoms with Gasteiger partial charge in [0, 0.05) is 16.7 Å². The summed E-state index contributed by atoms with van der Waals surface area (Å²) in [4.78, 5) is 0. The summed E-state index contributed by atoms with van der Waals surface area (Å²) in [6.07, 6.45) is 1.49. The molecule has 1 rings (SSSR count). The molecule has 0 atom stereocenters. The maximum Gasteiger partial charge on any atom is 0.123 e. The van der Waals surface area contributed by atoms with Crippen LogP contribution in [0.5, 0.6) is 11.5 Å². The first-order valence-electron chi connectivity index (χ1n) is 6.01. The van der Waals surface area contributed by atoms with Gasteiger partial charge in [-0.05, 0) is 31.2 Å². The average Bonchev–Trinajstić information content (AvgIpc) is 2.23. The van der Waals surface area contributed by atoms with Crippen LogP contribution in [0.3, 0.4) is 0 Å². The summed E-state index contributed by atoms with van der Waals surface area (Å²) >= 11 is 0. The van der Waals surface area contributed by atoms with Crippen molar-refractivity contribution in [2.24, 2.45) is 0 Å². The summed E-state index contributed by atoms with van der Waals surface area (Å²) in [5.41, 5.74) is 3.49. The molecule has 1 aromatic rings. The van der Waals surface area contributed by atoms with E-state index in [0.29, 0.717) is 11.5 Å². The highest BCUT2D eigenvalue weighted by molar-refractivity contribution is 5.58. The van der Waals surface area contributed by atoms with Crippen molar-refractivity contribution >= 4 is 0 Å². The molecular weight excluding hydrogens is 200 g/mol. The van der Waals surface area contributed by atoms with Crippen molar-refractivity contribution in [1.82, 2.24) is 0 Å². The standard InChI is InChI=1S/C14H22O2/c1-6-10-9(5)13(15)11(7-2)12(8(3)4)14(10)16/h8,15-16H,6-7H2,1-5H3. The molecule has 0 spiro atoms. The van der Waals surface area contributed by atoms with Gasteiger partial charge in [-0.25, -0.2) is 0 Å². The van der Waals surface area contributed by atoms with E-state index in [0.717, 1.165) is 35.1 Å². The molecule has 0 saturated heterocycles. The van der Waals surface area contributed by atoms with Gasteiger partial charge in [0.15, 0.2) is 0 Å². The van der Waals surface area contributed by atoms with Gasteiger partial charge in [0.25, 0.3) is 0 Å². The minimum atomic E-state index is 0.228. The van der Waals surface area contributed by atoms with E-state index in [-0.39, 0.29) is 5.92 Å². The Hall–Kier alpha value is -1.18. The van der Waals surface area contributed by atoms with Crippen LogP contribution >= 0.6 is 0 Å². The van der Waals surface area contributed by atoms with Crippen molar-refractivity contribution < 1.29 is 10.2 Å². The van der Waals surface area contributed by atoms with E-state index in [2.05, 4.69) is 0 Å². The van der Waals surface area contributed by atoms with Crippen molar-refractivity contribution in [3.63, 3.8) is 0 Å². The molecule has 1 aromatic carbocycles. The number of aromatic hydroxyl groups is 2. The van der Waals surface area contributed by atoms with Crippen LogP contribution in [0.2, 0.25) is 0 Å². The molecular formula is C14H22O2. The number of hydrogen-bond acceptors (Lipinski definition) is 2. The summed E-state index contributed by atoms with van der Waals surface area (Å²) in [6.45, 7) is 9.96. The van der Waals surface area contributed by atoms with Crippen LogP contribution in [0.15, 0.2) is 0 Å². The predicted octanol–water partition coefficient (Wildman–Crippen LogP) is 3.65. The Morgan fingerprint density at radius 2 is 1.44 bits per heavy atom. The largest absolute Gasteiger partial charge is 0.507 e. The summed E-state index contributed by atoms with van der Waals surface area (Å²) in [5.74, 6) is 0.970. The smallest absolute Gasteiger partial charge is 0.123 e. The molecule has 16 heavy (non-hydrogen) atoms. The van der Waals surface area contributed by atoms with E-state index in [9.17, 15) is 10.2 Å². The SMILES string of the molecule is CCc1c(C)c(O)c(CC)c(C(C)C)c1O. The number of phenols is 2. The van der Waals surface area contributed by atoms with E-state index in [1.807, 2.05) is 34.6 Å². The zero-order valence-electron chi connectivity index (χ0n) is 10.9. The lowest BCUT2D eigenvalue weighted by Gasteiger charge is -2.20. The molecule has 2 nitrogen and oxygen atoms in total. The zero-order valence-corrected chi connectivity index (χ0v) is 10.9. The van der Waals surface area contributed by atoms with Crippen LogP contribution in [0.25, 0.3) is 0 Å². The second kappa shape index (κ2) is 4.77. The lowest BCUT2D eigenvalue weighted by Crippen LogP contribution is -2.02. The van der Waals surface area contributed by atoms with Gasteiger partial charge in [-0.3, -0.25) is 0 Å². The molecule has 0 aromatic heterocycles. The third-order valence-electron chi connectivity index (χ3n) is 3.24. The normalized spacial score (nSPS) is 11.1. The van der Waals surface area contributed by atoms with Gasteiger partial charge in [0.1, 0.15) is 11.5 Å². The molecule has 2 N–H and O–H groups in total. The van der Waals surface area contributed by atoms with Crippen LogP contribution in [-0.4, -0.2) is 10.2 Å². The van der Waals surface area contributed by atoms with Crippen molar-refractivity contribution in [3.05, 3.63) is 22.3 Å². The Morgan fingerprint density at radius 1 is 0.938 bits per heavy atom. The molecule has 0 unspecified atom stereocenters. The first-order valence-corrected chi connectivity index (χ1v) is 6.01. The minimum Gasteiger partial charge on any atom is -0.507 e. The van der Waals surface area contributed by atoms with Crippen LogP contribution in [0.4, 0.5) is 0 Å². The molecule has 90 valence electrons. The molecule has 2 heteroatoms. The zero-order chi connectivity index (χ0) is 12.5. The Morgan fingerprint density at radius 3 is 1.81 bits per heavy atom. The highest BCUT2D eigenvalue weighted by Crippen LogP contribution is 2.41. The van der Waals surface area contributed by atoms with Crippen LogP contribution in [0, 0.1) is 6.92 Å². The highest BCUT2D eigenvalue weighted by atomic mass is 16.3. The monoisotopic (exact) mass is 222 g/mol. The molecule has 0 saturated carbocycles. The fourth-order valence-corrected chi connectivity index (χ4v) is 2.39. The van der Waals surface area contributed by atoms with Gasteiger partial charge in [0.05, 0.1) is 0 Å². The third kappa shape index (κ3) is 1.89. The first-order chi connectivity index (χ1) is 7.45. The minimum absolute atomic E-state index is 0.228. The van der Waals surface area contributed by atoms with Crippen LogP contribution in [0.1, 0.15) is 55.9 Å². The van der Waals surface area contributed by atoms with Gasteiger partial charge in [0.2, 0.25) is 0 Å². The van der Waals surface area contributed by atoms with E-state index in [4.69, 9.17) is 0 Å². The number of hydrogen-bond donors (Lipinski definition) is 2. The number of benzene rings is 1. The Labute approximate surface area is 97.9 Å². The van der Waals surface area contributed by atoms with E-state index >= 15 is 0 Å². The van der Waals surface area contributed by atoms with E-state index in [1.165, 1.54) is 0 Å². The Balaban J connectivity index is 3.64. The predicted molar refractivity (Wildman–Crippen MR) is 67.4 cm³/mol. The summed E-state index contributed by atoms with van der Waals surface area (Å²) in [5, 5.41) is 20.4. The molecule has 0 aliphatic heterocycles. The maximum atomic E-state index is 10.3. The van der Waals surface area contributed by atoms with Gasteiger partial charge >= 0.3 is 0 Å². The maximum absolute atomic E-state index is 10.3. The Bertz CT molecular complexity index is 392. The van der Waals surface area contributed by atoms with Gasteiger partial charge in [-0.15, -0.1) is 0 Å². The van der Waals surface area contributed by atoms with E-state index < -0.39 is 0 Å². The summed E-state index contributed by atoms with van der Waals surface area (Å²) in [6, 6.07) is 0. The first kappa shape index (κ1) is 12.9. The van der Waals surface area contributed by atoms with Gasteiger partial charge < -0.3 is 10.2 Å². The quantitative estimate of drug-likeness (QED) is 0.766. The number of phenolic OH excluding ortho intramolecular Hbond substituents is 2. The van der Waals surface area contributed by atoms with Crippen molar-refractivity contribution in [2.75, 3.05) is 0 Å². The molecule has 0 bridgehead atoms. The second-order valence-corrected chi connectivity index (χ2v) is 4.55. The average molecular weight is 222 g/mol. The topological polar surface area (TPSA) is 40.5 Å². The molecule has 0 aliphatic carbocycles. The molecule has 0 heterocycles. The van der Waals surface area contributed by atoms with Crippen molar-refractivity contribution in [2.45, 2.75) is 53.4 Å². The van der Waals surface area contributed by atoms with E-state index in [1.54, 1.807) is 0 Å². The molecule has 0 fully saturated rings. The molecule has 0 radical (unpaired) electrons. The summed E-state index contributed by atoms with van der Waals surface area (Å²) in [7, 11) is 0. The van der Waals surface area contributed by atoms with Gasteiger partial charge in [-0.2, -0.15) is 0 Å². The van der Waals surface area contributed by atoms with Crippen molar-refractivity contribution in [1.29, 1.82) is 0 Å².